The highest BCUT2D eigenvalue weighted by atomic mass is 16.3. The fourth-order valence-electron chi connectivity index (χ4n) is 2.71. The van der Waals surface area contributed by atoms with Crippen LogP contribution in [0, 0.1) is 0 Å². The summed E-state index contributed by atoms with van der Waals surface area (Å²) < 4.78 is 0. The van der Waals surface area contributed by atoms with Crippen LogP contribution in [0.5, 0.6) is 0 Å². The minimum Gasteiger partial charge on any atom is -0.390 e. The number of hydrogen-bond acceptors (Lipinski definition) is 4. The Morgan fingerprint density at radius 3 is 2.48 bits per heavy atom. The Balaban J connectivity index is 1.99. The number of nitrogens with zero attached hydrogens (tertiary/aromatic N) is 2. The molecule has 2 aliphatic rings. The maximum Gasteiger partial charge on any atom is 0.325 e. The summed E-state index contributed by atoms with van der Waals surface area (Å²) in [5.74, 6) is -0.642. The van der Waals surface area contributed by atoms with E-state index < -0.39 is 17.2 Å². The van der Waals surface area contributed by atoms with Crippen LogP contribution in [-0.2, 0) is 9.59 Å². The first kappa shape index (κ1) is 15.8. The molecule has 0 spiro atoms. The maximum atomic E-state index is 12.3. The van der Waals surface area contributed by atoms with Crippen molar-refractivity contribution in [2.75, 3.05) is 19.6 Å². The quantitative estimate of drug-likeness (QED) is 0.706. The zero-order chi connectivity index (χ0) is 15.8. The van der Waals surface area contributed by atoms with Crippen molar-refractivity contribution in [2.24, 2.45) is 0 Å². The fraction of sp³-hybridized carbons (Fsp3) is 0.786. The monoisotopic (exact) mass is 297 g/mol. The number of rotatable bonds is 2. The number of urea groups is 1. The van der Waals surface area contributed by atoms with Gasteiger partial charge in [-0.25, -0.2) is 4.79 Å². The number of carbonyl (C=O) groups is 3. The van der Waals surface area contributed by atoms with Crippen molar-refractivity contribution >= 4 is 17.8 Å². The van der Waals surface area contributed by atoms with E-state index in [2.05, 4.69) is 5.32 Å². The van der Waals surface area contributed by atoms with Gasteiger partial charge in [-0.15, -0.1) is 0 Å². The second-order valence-electron chi connectivity index (χ2n) is 6.68. The molecule has 0 bridgehead atoms. The minimum atomic E-state index is -0.959. The molecule has 2 heterocycles. The van der Waals surface area contributed by atoms with E-state index in [0.717, 1.165) is 4.90 Å². The van der Waals surface area contributed by atoms with Gasteiger partial charge >= 0.3 is 6.03 Å². The summed E-state index contributed by atoms with van der Waals surface area (Å²) in [6.45, 7) is 5.74. The third kappa shape index (κ3) is 3.34. The molecule has 2 fully saturated rings. The van der Waals surface area contributed by atoms with Crippen molar-refractivity contribution in [3.63, 3.8) is 0 Å². The molecule has 0 aromatic heterocycles. The van der Waals surface area contributed by atoms with Gasteiger partial charge in [0.05, 0.1) is 5.60 Å². The largest absolute Gasteiger partial charge is 0.390 e. The first-order valence-corrected chi connectivity index (χ1v) is 7.27. The summed E-state index contributed by atoms with van der Waals surface area (Å²) in [7, 11) is 0. The number of imide groups is 1. The number of likely N-dealkylation sites (tertiary alicyclic amines) is 1. The molecule has 1 unspecified atom stereocenters. The number of nitrogens with one attached hydrogen (secondary N) is 1. The van der Waals surface area contributed by atoms with E-state index in [1.165, 1.54) is 0 Å². The van der Waals surface area contributed by atoms with Crippen LogP contribution in [0.1, 0.15) is 40.0 Å². The van der Waals surface area contributed by atoms with Gasteiger partial charge in [0.2, 0.25) is 5.91 Å². The first-order chi connectivity index (χ1) is 9.62. The zero-order valence-corrected chi connectivity index (χ0v) is 12.8. The van der Waals surface area contributed by atoms with Crippen LogP contribution in [0.4, 0.5) is 4.79 Å². The highest BCUT2D eigenvalue weighted by Crippen LogP contribution is 2.22. The molecule has 7 heteroatoms. The van der Waals surface area contributed by atoms with Crippen LogP contribution in [0.3, 0.4) is 0 Å². The van der Waals surface area contributed by atoms with Crippen molar-refractivity contribution in [3.05, 3.63) is 0 Å². The third-order valence-electron chi connectivity index (χ3n) is 4.15. The Bertz CT molecular complexity index is 473. The fourth-order valence-corrected chi connectivity index (χ4v) is 2.71. The van der Waals surface area contributed by atoms with Crippen molar-refractivity contribution < 1.29 is 19.5 Å². The molecule has 0 radical (unpaired) electrons. The molecule has 0 saturated carbocycles. The lowest BCUT2D eigenvalue weighted by Gasteiger charge is -2.24. The summed E-state index contributed by atoms with van der Waals surface area (Å²) in [5.41, 5.74) is -1.71. The van der Waals surface area contributed by atoms with Gasteiger partial charge in [-0.05, 0) is 40.0 Å². The lowest BCUT2D eigenvalue weighted by molar-refractivity contribution is -0.138. The van der Waals surface area contributed by atoms with E-state index in [1.54, 1.807) is 25.7 Å². The standard InChI is InChI=1S/C14H23N3O4/c1-13(2)11(19)17(12(20)15-13)9-10(18)16-7-4-5-14(3,21)6-8-16/h21H,4-9H2,1-3H3,(H,15,20). The van der Waals surface area contributed by atoms with E-state index in [-0.39, 0.29) is 18.4 Å². The highest BCUT2D eigenvalue weighted by Gasteiger charge is 2.45. The van der Waals surface area contributed by atoms with Gasteiger partial charge in [-0.1, -0.05) is 0 Å². The first-order valence-electron chi connectivity index (χ1n) is 7.27. The van der Waals surface area contributed by atoms with Crippen LogP contribution in [-0.4, -0.2) is 63.5 Å². The molecule has 2 rings (SSSR count). The molecule has 0 aromatic carbocycles. The lowest BCUT2D eigenvalue weighted by atomic mass is 9.98. The van der Waals surface area contributed by atoms with E-state index in [0.29, 0.717) is 32.4 Å². The lowest BCUT2D eigenvalue weighted by Crippen LogP contribution is -2.45. The summed E-state index contributed by atoms with van der Waals surface area (Å²) >= 11 is 0. The van der Waals surface area contributed by atoms with E-state index in [9.17, 15) is 19.5 Å². The Labute approximate surface area is 124 Å². The molecule has 7 nitrogen and oxygen atoms in total. The number of amides is 4. The van der Waals surface area contributed by atoms with Crippen LogP contribution in [0.2, 0.25) is 0 Å². The van der Waals surface area contributed by atoms with Crippen LogP contribution >= 0.6 is 0 Å². The van der Waals surface area contributed by atoms with Gasteiger partial charge in [-0.3, -0.25) is 14.5 Å². The smallest absolute Gasteiger partial charge is 0.325 e. The Hall–Kier alpha value is -1.63. The second-order valence-corrected chi connectivity index (χ2v) is 6.68. The van der Waals surface area contributed by atoms with Crippen molar-refractivity contribution in [1.82, 2.24) is 15.1 Å². The number of aliphatic hydroxyl groups is 1. The molecule has 2 saturated heterocycles. The van der Waals surface area contributed by atoms with Gasteiger partial charge in [0, 0.05) is 13.1 Å². The van der Waals surface area contributed by atoms with Crippen molar-refractivity contribution in [1.29, 1.82) is 0 Å². The van der Waals surface area contributed by atoms with Crippen LogP contribution in [0.15, 0.2) is 0 Å². The average Bonchev–Trinajstić information content (AvgIpc) is 2.53. The van der Waals surface area contributed by atoms with E-state index in [1.807, 2.05) is 0 Å². The topological polar surface area (TPSA) is 89.9 Å². The Morgan fingerprint density at radius 1 is 1.24 bits per heavy atom. The molecular weight excluding hydrogens is 274 g/mol. The zero-order valence-electron chi connectivity index (χ0n) is 12.8. The summed E-state index contributed by atoms with van der Waals surface area (Å²) in [5, 5.41) is 12.6. The Morgan fingerprint density at radius 2 is 1.90 bits per heavy atom. The second kappa shape index (κ2) is 5.29. The molecule has 2 N–H and O–H groups in total. The normalized spacial score (nSPS) is 29.3. The van der Waals surface area contributed by atoms with Crippen LogP contribution in [0.25, 0.3) is 0 Å². The van der Waals surface area contributed by atoms with Gasteiger partial charge in [0.15, 0.2) is 0 Å². The highest BCUT2D eigenvalue weighted by molar-refractivity contribution is 6.08. The predicted molar refractivity (Wildman–Crippen MR) is 75.4 cm³/mol. The van der Waals surface area contributed by atoms with Crippen molar-refractivity contribution in [2.45, 2.75) is 51.2 Å². The summed E-state index contributed by atoms with van der Waals surface area (Å²) in [6, 6.07) is -0.528. The van der Waals surface area contributed by atoms with Gasteiger partial charge < -0.3 is 15.3 Å². The molecule has 4 amide bonds. The third-order valence-corrected chi connectivity index (χ3v) is 4.15. The molecule has 0 aromatic rings. The predicted octanol–water partition coefficient (Wildman–Crippen LogP) is 0.0803. The minimum absolute atomic E-state index is 0.240. The Kier molecular flexibility index (Phi) is 3.97. The number of carbonyl (C=O) groups excluding carboxylic acids is 3. The maximum absolute atomic E-state index is 12.3. The molecular formula is C14H23N3O4. The van der Waals surface area contributed by atoms with E-state index >= 15 is 0 Å². The molecule has 0 aliphatic carbocycles. The SMILES string of the molecule is CC1(O)CCCN(C(=O)CN2C(=O)NC(C)(C)C2=O)CC1. The summed E-state index contributed by atoms with van der Waals surface area (Å²) in [4.78, 5) is 38.7. The van der Waals surface area contributed by atoms with Crippen LogP contribution < -0.4 is 5.32 Å². The molecule has 21 heavy (non-hydrogen) atoms. The average molecular weight is 297 g/mol. The van der Waals surface area contributed by atoms with Gasteiger partial charge in [0.1, 0.15) is 12.1 Å². The number of hydrogen-bond donors (Lipinski definition) is 2. The van der Waals surface area contributed by atoms with Gasteiger partial charge in [0.25, 0.3) is 5.91 Å². The summed E-state index contributed by atoms with van der Waals surface area (Å²) in [6.07, 6.45) is 1.86. The molecule has 2 aliphatic heterocycles. The van der Waals surface area contributed by atoms with Crippen molar-refractivity contribution in [3.8, 4) is 0 Å². The molecule has 118 valence electrons. The molecule has 1 atom stereocenters. The van der Waals surface area contributed by atoms with E-state index in [4.69, 9.17) is 0 Å². The van der Waals surface area contributed by atoms with Gasteiger partial charge in [-0.2, -0.15) is 0 Å².